The molecule has 2 amide bonds. The summed E-state index contributed by atoms with van der Waals surface area (Å²) in [7, 11) is 0. The Bertz CT molecular complexity index is 778. The molecule has 0 aromatic carbocycles. The minimum absolute atomic E-state index is 0.0223. The maximum Gasteiger partial charge on any atom is 0.260 e. The molecule has 1 aliphatic heterocycles. The lowest BCUT2D eigenvalue weighted by Gasteiger charge is -2.34. The Morgan fingerprint density at radius 2 is 2.00 bits per heavy atom. The normalized spacial score (nSPS) is 31.9. The molecule has 2 bridgehead atoms. The van der Waals surface area contributed by atoms with Gasteiger partial charge in [0.05, 0.1) is 10.8 Å². The van der Waals surface area contributed by atoms with E-state index in [-0.39, 0.29) is 40.7 Å². The molecule has 6 nitrogen and oxygen atoms in total. The van der Waals surface area contributed by atoms with Crippen LogP contribution >= 0.6 is 11.8 Å². The second kappa shape index (κ2) is 7.01. The molecule has 3 aliphatic rings. The summed E-state index contributed by atoms with van der Waals surface area (Å²) in [6.45, 7) is 12.2. The van der Waals surface area contributed by atoms with Gasteiger partial charge in [0.2, 0.25) is 5.91 Å². The van der Waals surface area contributed by atoms with E-state index in [4.69, 9.17) is 0 Å². The number of hydrogen-bond donors (Lipinski definition) is 1. The fourth-order valence-corrected chi connectivity index (χ4v) is 5.37. The van der Waals surface area contributed by atoms with Crippen LogP contribution in [0.4, 0.5) is 0 Å². The molecule has 28 heavy (non-hydrogen) atoms. The number of carbonyl (C=O) groups excluding carboxylic acids is 3. The SMILES string of the molecule is CC(C)(C)C(=O)/C=C1\SCC(=O)N1CC(=O)N/N=C1/C[C@H]2CC[C@]1(C)C2(C)C. The number of hydrazone groups is 1. The summed E-state index contributed by atoms with van der Waals surface area (Å²) in [6.07, 6.45) is 4.72. The number of amides is 2. The van der Waals surface area contributed by atoms with Gasteiger partial charge >= 0.3 is 0 Å². The standard InChI is InChI=1S/C21H31N3O3S/c1-19(2,3)15(25)10-18-24(17(27)12-28-18)11-16(26)23-22-14-9-13-7-8-21(14,6)20(13,4)5/h10,13H,7-9,11-12H2,1-6H3,(H,23,26)/b18-10-,22-14-/t13-,21+/m1/s1. The topological polar surface area (TPSA) is 78.8 Å². The van der Waals surface area contributed by atoms with Crippen LogP contribution in [0.5, 0.6) is 0 Å². The van der Waals surface area contributed by atoms with E-state index in [0.29, 0.717) is 10.9 Å². The van der Waals surface area contributed by atoms with Gasteiger partial charge in [0.25, 0.3) is 5.91 Å². The zero-order valence-corrected chi connectivity index (χ0v) is 18.5. The summed E-state index contributed by atoms with van der Waals surface area (Å²) in [6, 6.07) is 0. The van der Waals surface area contributed by atoms with Crippen molar-refractivity contribution in [2.75, 3.05) is 12.3 Å². The molecular weight excluding hydrogens is 374 g/mol. The van der Waals surface area contributed by atoms with Crippen molar-refractivity contribution in [3.05, 3.63) is 11.1 Å². The number of hydrogen-bond acceptors (Lipinski definition) is 5. The van der Waals surface area contributed by atoms with E-state index < -0.39 is 5.41 Å². The van der Waals surface area contributed by atoms with E-state index in [2.05, 4.69) is 31.3 Å². The number of allylic oxidation sites excluding steroid dienone is 1. The van der Waals surface area contributed by atoms with Crippen molar-refractivity contribution >= 4 is 35.1 Å². The van der Waals surface area contributed by atoms with Crippen LogP contribution in [-0.2, 0) is 14.4 Å². The van der Waals surface area contributed by atoms with Gasteiger partial charge in [0.1, 0.15) is 6.54 Å². The zero-order chi connectivity index (χ0) is 20.9. The lowest BCUT2D eigenvalue weighted by molar-refractivity contribution is -0.131. The summed E-state index contributed by atoms with van der Waals surface area (Å²) in [5, 5.41) is 4.99. The van der Waals surface area contributed by atoms with Gasteiger partial charge in [0.15, 0.2) is 5.78 Å². The molecule has 2 aliphatic carbocycles. The van der Waals surface area contributed by atoms with Crippen molar-refractivity contribution in [2.45, 2.75) is 60.8 Å². The first-order chi connectivity index (χ1) is 12.9. The summed E-state index contributed by atoms with van der Waals surface area (Å²) in [5.41, 5.74) is 3.41. The van der Waals surface area contributed by atoms with Crippen molar-refractivity contribution in [3.63, 3.8) is 0 Å². The lowest BCUT2D eigenvalue weighted by atomic mass is 9.70. The van der Waals surface area contributed by atoms with Crippen LogP contribution in [0.25, 0.3) is 0 Å². The van der Waals surface area contributed by atoms with Gasteiger partial charge < -0.3 is 0 Å². The van der Waals surface area contributed by atoms with E-state index in [9.17, 15) is 14.4 Å². The van der Waals surface area contributed by atoms with Crippen molar-refractivity contribution < 1.29 is 14.4 Å². The van der Waals surface area contributed by atoms with Gasteiger partial charge in [-0.05, 0) is 30.6 Å². The number of nitrogens with zero attached hydrogens (tertiary/aromatic N) is 2. The maximum atomic E-state index is 12.5. The molecule has 7 heteroatoms. The molecule has 0 aromatic rings. The maximum absolute atomic E-state index is 12.5. The summed E-state index contributed by atoms with van der Waals surface area (Å²) in [4.78, 5) is 38.3. The molecule has 3 fully saturated rings. The minimum Gasteiger partial charge on any atom is -0.296 e. The van der Waals surface area contributed by atoms with Gasteiger partial charge in [-0.25, -0.2) is 5.43 Å². The molecule has 1 N–H and O–H groups in total. The largest absolute Gasteiger partial charge is 0.296 e. The van der Waals surface area contributed by atoms with Crippen LogP contribution in [-0.4, -0.2) is 40.5 Å². The Morgan fingerprint density at radius 3 is 2.54 bits per heavy atom. The monoisotopic (exact) mass is 405 g/mol. The third kappa shape index (κ3) is 3.53. The predicted octanol–water partition coefficient (Wildman–Crippen LogP) is 3.34. The van der Waals surface area contributed by atoms with E-state index in [1.165, 1.54) is 29.2 Å². The van der Waals surface area contributed by atoms with Crippen LogP contribution in [0.15, 0.2) is 16.2 Å². The predicted molar refractivity (Wildman–Crippen MR) is 112 cm³/mol. The van der Waals surface area contributed by atoms with Crippen molar-refractivity contribution in [1.29, 1.82) is 0 Å². The number of ketones is 1. The van der Waals surface area contributed by atoms with Crippen LogP contribution in [0.2, 0.25) is 0 Å². The van der Waals surface area contributed by atoms with E-state index in [0.717, 1.165) is 18.6 Å². The van der Waals surface area contributed by atoms with Gasteiger partial charge in [-0.2, -0.15) is 5.10 Å². The highest BCUT2D eigenvalue weighted by Gasteiger charge is 2.60. The quantitative estimate of drug-likeness (QED) is 0.575. The number of nitrogens with one attached hydrogen (secondary N) is 1. The first-order valence-electron chi connectivity index (χ1n) is 9.91. The average Bonchev–Trinajstić information content (AvgIpc) is 3.10. The molecule has 1 heterocycles. The zero-order valence-electron chi connectivity index (χ0n) is 17.7. The fraction of sp³-hybridized carbons (Fsp3) is 0.714. The highest BCUT2D eigenvalue weighted by atomic mass is 32.2. The summed E-state index contributed by atoms with van der Waals surface area (Å²) >= 11 is 1.30. The Labute approximate surface area is 171 Å². The van der Waals surface area contributed by atoms with Gasteiger partial charge in [-0.1, -0.05) is 53.3 Å². The minimum atomic E-state index is -0.525. The second-order valence-corrected chi connectivity index (χ2v) is 10.9. The molecule has 1 saturated heterocycles. The third-order valence-electron chi connectivity index (χ3n) is 7.03. The van der Waals surface area contributed by atoms with Crippen molar-refractivity contribution in [1.82, 2.24) is 10.3 Å². The third-order valence-corrected chi connectivity index (χ3v) is 8.06. The Balaban J connectivity index is 1.67. The van der Waals surface area contributed by atoms with Crippen molar-refractivity contribution in [2.24, 2.45) is 27.3 Å². The Kier molecular flexibility index (Phi) is 5.28. The number of fused-ring (bicyclic) bond motifs is 2. The highest BCUT2D eigenvalue weighted by Crippen LogP contribution is 2.63. The smallest absolute Gasteiger partial charge is 0.260 e. The number of rotatable bonds is 4. The second-order valence-electron chi connectivity index (χ2n) is 9.95. The molecule has 0 unspecified atom stereocenters. The van der Waals surface area contributed by atoms with Crippen LogP contribution in [0, 0.1) is 22.2 Å². The molecular formula is C21H31N3O3S. The van der Waals surface area contributed by atoms with Crippen LogP contribution < -0.4 is 5.43 Å². The van der Waals surface area contributed by atoms with Crippen LogP contribution in [0.3, 0.4) is 0 Å². The van der Waals surface area contributed by atoms with E-state index >= 15 is 0 Å². The van der Waals surface area contributed by atoms with E-state index in [1.807, 2.05) is 20.8 Å². The molecule has 154 valence electrons. The number of carbonyl (C=O) groups is 3. The first kappa shape index (κ1) is 21.1. The molecule has 0 spiro atoms. The van der Waals surface area contributed by atoms with E-state index in [1.54, 1.807) is 0 Å². The van der Waals surface area contributed by atoms with Crippen molar-refractivity contribution in [3.8, 4) is 0 Å². The van der Waals surface area contributed by atoms with Gasteiger partial charge in [0, 0.05) is 22.6 Å². The fourth-order valence-electron chi connectivity index (χ4n) is 4.44. The van der Waals surface area contributed by atoms with Gasteiger partial charge in [-0.3, -0.25) is 19.3 Å². The average molecular weight is 406 g/mol. The molecule has 2 saturated carbocycles. The Morgan fingerprint density at radius 1 is 1.32 bits per heavy atom. The number of thioether (sulfide) groups is 1. The van der Waals surface area contributed by atoms with Gasteiger partial charge in [-0.15, -0.1) is 0 Å². The summed E-state index contributed by atoms with van der Waals surface area (Å²) < 4.78 is 0. The van der Waals surface area contributed by atoms with Crippen LogP contribution in [0.1, 0.15) is 60.8 Å². The highest BCUT2D eigenvalue weighted by molar-refractivity contribution is 8.04. The molecule has 2 atom stereocenters. The molecule has 3 rings (SSSR count). The first-order valence-corrected chi connectivity index (χ1v) is 10.9. The molecule has 0 aromatic heterocycles. The Hall–Kier alpha value is -1.63. The molecule has 0 radical (unpaired) electrons. The summed E-state index contributed by atoms with van der Waals surface area (Å²) in [5.74, 6) is 0.310. The lowest BCUT2D eigenvalue weighted by Crippen LogP contribution is -2.38.